The molecule has 0 amide bonds. The number of rotatable bonds is 5. The van der Waals surface area contributed by atoms with Crippen LogP contribution >= 0.6 is 0 Å². The molecule has 1 aromatic carbocycles. The highest BCUT2D eigenvalue weighted by molar-refractivity contribution is 5.76. The molecule has 3 saturated carbocycles. The molecule has 0 aliphatic heterocycles. The van der Waals surface area contributed by atoms with Crippen molar-refractivity contribution in [3.05, 3.63) is 35.9 Å². The first kappa shape index (κ1) is 11.7. The highest BCUT2D eigenvalue weighted by atomic mass is 19.1. The number of carboxylic acid groups (broad SMARTS) is 1. The first-order chi connectivity index (χ1) is 8.53. The molecule has 0 unspecified atom stereocenters. The van der Waals surface area contributed by atoms with E-state index in [0.717, 1.165) is 5.56 Å². The second-order valence-electron chi connectivity index (χ2n) is 5.68. The molecule has 1 aromatic rings. The third kappa shape index (κ3) is 1.72. The fourth-order valence-corrected chi connectivity index (χ4v) is 3.43. The summed E-state index contributed by atoms with van der Waals surface area (Å²) in [7, 11) is 0. The number of halogens is 1. The van der Waals surface area contributed by atoms with Gasteiger partial charge in [0.15, 0.2) is 0 Å². The first-order valence-corrected chi connectivity index (χ1v) is 6.22. The molecule has 18 heavy (non-hydrogen) atoms. The van der Waals surface area contributed by atoms with Crippen LogP contribution in [-0.4, -0.2) is 22.8 Å². The molecule has 96 valence electrons. The fourth-order valence-electron chi connectivity index (χ4n) is 3.43. The van der Waals surface area contributed by atoms with E-state index in [1.54, 1.807) is 0 Å². The second-order valence-corrected chi connectivity index (χ2v) is 5.68. The average Bonchev–Trinajstić information content (AvgIpc) is 2.26. The van der Waals surface area contributed by atoms with E-state index in [9.17, 15) is 14.3 Å². The van der Waals surface area contributed by atoms with E-state index in [0.29, 0.717) is 25.8 Å². The number of aliphatic carboxylic acids is 1. The summed E-state index contributed by atoms with van der Waals surface area (Å²) in [4.78, 5) is 11.3. The molecule has 0 spiro atoms. The van der Waals surface area contributed by atoms with E-state index in [1.165, 1.54) is 0 Å². The Balaban J connectivity index is 1.64. The van der Waals surface area contributed by atoms with Crippen molar-refractivity contribution in [2.45, 2.75) is 37.5 Å². The fraction of sp³-hybridized carbons (Fsp3) is 0.500. The molecule has 0 heterocycles. The predicted molar refractivity (Wildman–Crippen MR) is 64.8 cm³/mol. The van der Waals surface area contributed by atoms with Crippen LogP contribution in [0, 0.1) is 5.41 Å². The van der Waals surface area contributed by atoms with Crippen LogP contribution < -0.4 is 5.32 Å². The van der Waals surface area contributed by atoms with E-state index in [2.05, 4.69) is 5.32 Å². The maximum Gasteiger partial charge on any atom is 0.321 e. The Kier molecular flexibility index (Phi) is 2.45. The Bertz CT molecular complexity index is 454. The smallest absolute Gasteiger partial charge is 0.321 e. The van der Waals surface area contributed by atoms with Crippen molar-refractivity contribution in [2.24, 2.45) is 5.41 Å². The minimum absolute atomic E-state index is 0.338. The lowest BCUT2D eigenvalue weighted by Crippen LogP contribution is -2.73. The summed E-state index contributed by atoms with van der Waals surface area (Å²) >= 11 is 0. The van der Waals surface area contributed by atoms with Gasteiger partial charge in [0.1, 0.15) is 11.7 Å². The SMILES string of the molecule is O=C(O)[C@H](NCc1ccccc1)C12CC(F)(C1)C2. The molecule has 3 fully saturated rings. The summed E-state index contributed by atoms with van der Waals surface area (Å²) in [6.45, 7) is 0.513. The highest BCUT2D eigenvalue weighted by Crippen LogP contribution is 2.70. The van der Waals surface area contributed by atoms with Gasteiger partial charge in [0.25, 0.3) is 0 Å². The summed E-state index contributed by atoms with van der Waals surface area (Å²) < 4.78 is 13.5. The van der Waals surface area contributed by atoms with Gasteiger partial charge in [-0.05, 0) is 24.8 Å². The van der Waals surface area contributed by atoms with Crippen LogP contribution in [0.15, 0.2) is 30.3 Å². The Morgan fingerprint density at radius 1 is 1.33 bits per heavy atom. The van der Waals surface area contributed by atoms with Crippen molar-refractivity contribution in [3.63, 3.8) is 0 Å². The van der Waals surface area contributed by atoms with Crippen molar-refractivity contribution < 1.29 is 14.3 Å². The van der Waals surface area contributed by atoms with Gasteiger partial charge in [-0.25, -0.2) is 4.39 Å². The minimum Gasteiger partial charge on any atom is -0.480 e. The zero-order chi connectivity index (χ0) is 12.8. The first-order valence-electron chi connectivity index (χ1n) is 6.22. The quantitative estimate of drug-likeness (QED) is 0.840. The molecule has 4 heteroatoms. The van der Waals surface area contributed by atoms with Gasteiger partial charge in [-0.2, -0.15) is 0 Å². The molecular weight excluding hydrogens is 233 g/mol. The van der Waals surface area contributed by atoms with Crippen molar-refractivity contribution in [3.8, 4) is 0 Å². The van der Waals surface area contributed by atoms with Gasteiger partial charge >= 0.3 is 5.97 Å². The lowest BCUT2D eigenvalue weighted by molar-refractivity contribution is -0.231. The van der Waals surface area contributed by atoms with E-state index in [-0.39, 0.29) is 5.41 Å². The van der Waals surface area contributed by atoms with Crippen molar-refractivity contribution >= 4 is 5.97 Å². The van der Waals surface area contributed by atoms with Crippen molar-refractivity contribution in [1.29, 1.82) is 0 Å². The number of carboxylic acids is 1. The molecule has 0 radical (unpaired) electrons. The Hall–Kier alpha value is -1.42. The van der Waals surface area contributed by atoms with Crippen LogP contribution in [0.5, 0.6) is 0 Å². The standard InChI is InChI=1S/C14H16FNO2/c15-14-7-13(8-14,9-14)11(12(17)18)16-6-10-4-2-1-3-5-10/h1-5,11,16H,6-9H2,(H,17,18)/t11-,13?,14?/m0/s1. The number of carbonyl (C=O) groups is 1. The number of hydrogen-bond donors (Lipinski definition) is 2. The van der Waals surface area contributed by atoms with Crippen molar-refractivity contribution in [1.82, 2.24) is 5.32 Å². The van der Waals surface area contributed by atoms with Gasteiger partial charge in [-0.3, -0.25) is 10.1 Å². The monoisotopic (exact) mass is 249 g/mol. The predicted octanol–water partition coefficient (Wildman–Crippen LogP) is 2.12. The van der Waals surface area contributed by atoms with Crippen molar-refractivity contribution in [2.75, 3.05) is 0 Å². The zero-order valence-corrected chi connectivity index (χ0v) is 10.0. The third-order valence-corrected chi connectivity index (χ3v) is 4.22. The maximum absolute atomic E-state index is 13.5. The van der Waals surface area contributed by atoms with Gasteiger partial charge in [0, 0.05) is 12.0 Å². The molecule has 0 saturated heterocycles. The van der Waals surface area contributed by atoms with E-state index in [4.69, 9.17) is 0 Å². The molecule has 3 aliphatic carbocycles. The molecule has 2 N–H and O–H groups in total. The topological polar surface area (TPSA) is 49.3 Å². The number of nitrogens with one attached hydrogen (secondary N) is 1. The molecule has 4 rings (SSSR count). The normalized spacial score (nSPS) is 34.3. The van der Waals surface area contributed by atoms with Gasteiger partial charge in [-0.15, -0.1) is 0 Å². The van der Waals surface area contributed by atoms with E-state index in [1.807, 2.05) is 30.3 Å². The third-order valence-electron chi connectivity index (χ3n) is 4.22. The summed E-state index contributed by atoms with van der Waals surface area (Å²) in [6.07, 6.45) is 1.20. The zero-order valence-electron chi connectivity index (χ0n) is 10.0. The van der Waals surface area contributed by atoms with Crippen LogP contribution in [-0.2, 0) is 11.3 Å². The molecule has 3 aliphatic rings. The summed E-state index contributed by atoms with van der Waals surface area (Å²) in [5.41, 5.74) is -0.345. The van der Waals surface area contributed by atoms with Gasteiger partial charge < -0.3 is 5.11 Å². The summed E-state index contributed by atoms with van der Waals surface area (Å²) in [6, 6.07) is 9.03. The number of alkyl halides is 1. The van der Waals surface area contributed by atoms with Crippen LogP contribution in [0.3, 0.4) is 0 Å². The summed E-state index contributed by atoms with van der Waals surface area (Å²) in [5, 5.41) is 12.3. The Morgan fingerprint density at radius 2 is 1.94 bits per heavy atom. The molecular formula is C14H16FNO2. The van der Waals surface area contributed by atoms with Gasteiger partial charge in [0.2, 0.25) is 0 Å². The van der Waals surface area contributed by atoms with Gasteiger partial charge in [0.05, 0.1) is 0 Å². The van der Waals surface area contributed by atoms with E-state index < -0.39 is 17.7 Å². The molecule has 0 aromatic heterocycles. The number of hydrogen-bond acceptors (Lipinski definition) is 2. The summed E-state index contributed by atoms with van der Waals surface area (Å²) in [5.74, 6) is -0.868. The minimum atomic E-state index is -1.05. The number of benzene rings is 1. The molecule has 1 atom stereocenters. The van der Waals surface area contributed by atoms with Crippen LogP contribution in [0.1, 0.15) is 24.8 Å². The lowest BCUT2D eigenvalue weighted by atomic mass is 9.40. The van der Waals surface area contributed by atoms with Crippen LogP contribution in [0.25, 0.3) is 0 Å². The van der Waals surface area contributed by atoms with E-state index >= 15 is 0 Å². The highest BCUT2D eigenvalue weighted by Gasteiger charge is 2.73. The maximum atomic E-state index is 13.5. The molecule has 3 nitrogen and oxygen atoms in total. The van der Waals surface area contributed by atoms with Crippen LogP contribution in [0.4, 0.5) is 4.39 Å². The van der Waals surface area contributed by atoms with Gasteiger partial charge in [-0.1, -0.05) is 30.3 Å². The molecule has 2 bridgehead atoms. The lowest BCUT2D eigenvalue weighted by Gasteiger charge is -2.67. The Morgan fingerprint density at radius 3 is 2.44 bits per heavy atom. The Labute approximate surface area is 105 Å². The largest absolute Gasteiger partial charge is 0.480 e. The second kappa shape index (κ2) is 3.79. The van der Waals surface area contributed by atoms with Crippen LogP contribution in [0.2, 0.25) is 0 Å². The average molecular weight is 249 g/mol.